The molecule has 1 aromatic rings. The van der Waals surface area contributed by atoms with E-state index < -0.39 is 0 Å². The molecule has 2 nitrogen and oxygen atoms in total. The third-order valence-electron chi connectivity index (χ3n) is 6.23. The Morgan fingerprint density at radius 2 is 1.96 bits per heavy atom. The second-order valence-corrected chi connectivity index (χ2v) is 8.12. The summed E-state index contributed by atoms with van der Waals surface area (Å²) in [7, 11) is 0. The molecule has 1 unspecified atom stereocenters. The number of hydrogen-bond acceptors (Lipinski definition) is 2. The fourth-order valence-electron chi connectivity index (χ4n) is 4.72. The molecule has 1 saturated heterocycles. The molecular formula is C21H30N2. The molecule has 0 amide bonds. The number of likely N-dealkylation sites (tertiary alicyclic amines) is 1. The van der Waals surface area contributed by atoms with Gasteiger partial charge < -0.3 is 4.90 Å². The van der Waals surface area contributed by atoms with Gasteiger partial charge in [-0.2, -0.15) is 0 Å². The van der Waals surface area contributed by atoms with Gasteiger partial charge in [-0.25, -0.2) is 0 Å². The van der Waals surface area contributed by atoms with Crippen LogP contribution >= 0.6 is 0 Å². The number of aromatic nitrogens is 1. The topological polar surface area (TPSA) is 16.1 Å². The van der Waals surface area contributed by atoms with E-state index in [0.717, 1.165) is 18.3 Å². The summed E-state index contributed by atoms with van der Waals surface area (Å²) in [6, 6.07) is 0. The van der Waals surface area contributed by atoms with Gasteiger partial charge in [-0.3, -0.25) is 4.98 Å². The Bertz CT molecular complexity index is 609. The maximum atomic E-state index is 4.80. The van der Waals surface area contributed by atoms with Gasteiger partial charge in [0, 0.05) is 18.4 Å². The third kappa shape index (κ3) is 3.10. The van der Waals surface area contributed by atoms with Crippen LogP contribution in [0.4, 0.5) is 0 Å². The van der Waals surface area contributed by atoms with Crippen LogP contribution in [0.2, 0.25) is 0 Å². The summed E-state index contributed by atoms with van der Waals surface area (Å²) >= 11 is 0. The van der Waals surface area contributed by atoms with Crippen molar-refractivity contribution in [2.24, 2.45) is 5.92 Å². The zero-order valence-electron chi connectivity index (χ0n) is 14.8. The lowest BCUT2D eigenvalue weighted by molar-refractivity contribution is 0.178. The highest BCUT2D eigenvalue weighted by molar-refractivity contribution is 5.63. The minimum atomic E-state index is 0.728. The number of hydrogen-bond donors (Lipinski definition) is 0. The molecule has 124 valence electrons. The van der Waals surface area contributed by atoms with E-state index in [2.05, 4.69) is 31.0 Å². The van der Waals surface area contributed by atoms with Crippen LogP contribution in [0.3, 0.4) is 0 Å². The predicted octanol–water partition coefficient (Wildman–Crippen LogP) is 4.58. The first-order valence-electron chi connectivity index (χ1n) is 9.61. The van der Waals surface area contributed by atoms with Crippen molar-refractivity contribution in [1.29, 1.82) is 0 Å². The van der Waals surface area contributed by atoms with Crippen molar-refractivity contribution in [3.8, 4) is 0 Å². The SMILES string of the molecule is CC1=Cc2c(ncc3c2C(CN2CCC(C)CC2)CCC3)CC1. The number of pyridine rings is 1. The van der Waals surface area contributed by atoms with Crippen molar-refractivity contribution in [2.45, 2.75) is 64.7 Å². The largest absolute Gasteiger partial charge is 0.303 e. The number of allylic oxidation sites excluding steroid dienone is 1. The van der Waals surface area contributed by atoms with Gasteiger partial charge in [-0.1, -0.05) is 18.6 Å². The minimum absolute atomic E-state index is 0.728. The molecule has 0 radical (unpaired) electrons. The molecular weight excluding hydrogens is 280 g/mol. The summed E-state index contributed by atoms with van der Waals surface area (Å²) in [5.74, 6) is 1.65. The third-order valence-corrected chi connectivity index (χ3v) is 6.23. The molecule has 3 aliphatic rings. The Morgan fingerprint density at radius 3 is 2.78 bits per heavy atom. The molecule has 4 rings (SSSR count). The van der Waals surface area contributed by atoms with Crippen LogP contribution < -0.4 is 0 Å². The molecule has 0 aromatic carbocycles. The zero-order valence-corrected chi connectivity index (χ0v) is 14.8. The number of piperidine rings is 1. The lowest BCUT2D eigenvalue weighted by Gasteiger charge is -2.36. The van der Waals surface area contributed by atoms with E-state index in [9.17, 15) is 0 Å². The van der Waals surface area contributed by atoms with Gasteiger partial charge >= 0.3 is 0 Å². The van der Waals surface area contributed by atoms with Gasteiger partial charge in [0.25, 0.3) is 0 Å². The number of aryl methyl sites for hydroxylation is 2. The van der Waals surface area contributed by atoms with Crippen molar-refractivity contribution in [3.05, 3.63) is 34.2 Å². The van der Waals surface area contributed by atoms with Gasteiger partial charge in [-0.05, 0) is 93.5 Å². The van der Waals surface area contributed by atoms with Crippen molar-refractivity contribution >= 4 is 6.08 Å². The number of fused-ring (bicyclic) bond motifs is 3. The highest BCUT2D eigenvalue weighted by Crippen LogP contribution is 2.38. The van der Waals surface area contributed by atoms with E-state index in [1.165, 1.54) is 80.6 Å². The fraction of sp³-hybridized carbons (Fsp3) is 0.667. The van der Waals surface area contributed by atoms with Crippen LogP contribution in [-0.4, -0.2) is 29.5 Å². The molecule has 1 atom stereocenters. The van der Waals surface area contributed by atoms with Gasteiger partial charge in [-0.15, -0.1) is 0 Å². The molecule has 23 heavy (non-hydrogen) atoms. The Hall–Kier alpha value is -1.15. The van der Waals surface area contributed by atoms with Crippen LogP contribution in [0.15, 0.2) is 11.8 Å². The summed E-state index contributed by atoms with van der Waals surface area (Å²) in [5, 5.41) is 0. The molecule has 1 fully saturated rings. The van der Waals surface area contributed by atoms with Crippen molar-refractivity contribution < 1.29 is 0 Å². The Balaban J connectivity index is 1.63. The van der Waals surface area contributed by atoms with Crippen molar-refractivity contribution in [1.82, 2.24) is 9.88 Å². The Labute approximate surface area is 141 Å². The van der Waals surface area contributed by atoms with Crippen LogP contribution in [0, 0.1) is 5.92 Å². The Kier molecular flexibility index (Phi) is 4.27. The second-order valence-electron chi connectivity index (χ2n) is 8.12. The highest BCUT2D eigenvalue weighted by Gasteiger charge is 2.28. The average Bonchev–Trinajstić information content (AvgIpc) is 2.57. The van der Waals surface area contributed by atoms with E-state index in [1.807, 2.05) is 0 Å². The van der Waals surface area contributed by atoms with E-state index in [1.54, 1.807) is 5.56 Å². The summed E-state index contributed by atoms with van der Waals surface area (Å²) in [6.07, 6.45) is 13.7. The van der Waals surface area contributed by atoms with Crippen LogP contribution in [0.1, 0.15) is 74.3 Å². The molecule has 2 aliphatic carbocycles. The molecule has 2 heterocycles. The van der Waals surface area contributed by atoms with E-state index in [-0.39, 0.29) is 0 Å². The smallest absolute Gasteiger partial charge is 0.0482 e. The van der Waals surface area contributed by atoms with Gasteiger partial charge in [0.1, 0.15) is 0 Å². The minimum Gasteiger partial charge on any atom is -0.303 e. The normalized spacial score (nSPS) is 25.7. The number of rotatable bonds is 2. The lowest BCUT2D eigenvalue weighted by Crippen LogP contribution is -2.37. The van der Waals surface area contributed by atoms with E-state index in [0.29, 0.717) is 0 Å². The highest BCUT2D eigenvalue weighted by atomic mass is 15.1. The van der Waals surface area contributed by atoms with Crippen LogP contribution in [0.25, 0.3) is 6.08 Å². The Morgan fingerprint density at radius 1 is 1.13 bits per heavy atom. The van der Waals surface area contributed by atoms with Gasteiger partial charge in [0.05, 0.1) is 0 Å². The maximum absolute atomic E-state index is 4.80. The molecule has 0 spiro atoms. The monoisotopic (exact) mass is 310 g/mol. The maximum Gasteiger partial charge on any atom is 0.0482 e. The van der Waals surface area contributed by atoms with Gasteiger partial charge in [0.2, 0.25) is 0 Å². The number of nitrogens with zero attached hydrogens (tertiary/aromatic N) is 2. The van der Waals surface area contributed by atoms with E-state index >= 15 is 0 Å². The molecule has 1 aromatic heterocycles. The zero-order chi connectivity index (χ0) is 15.8. The van der Waals surface area contributed by atoms with Gasteiger partial charge in [0.15, 0.2) is 0 Å². The second kappa shape index (κ2) is 6.39. The molecule has 1 aliphatic heterocycles. The fourth-order valence-corrected chi connectivity index (χ4v) is 4.72. The standard InChI is InChI=1S/C21H30N2/c1-15-8-10-23(11-9-15)14-18-5-3-4-17-13-22-20-7-6-16(2)12-19(20)21(17)18/h12-13,15,18H,3-11,14H2,1-2H3. The predicted molar refractivity (Wildman–Crippen MR) is 96.7 cm³/mol. The summed E-state index contributed by atoms with van der Waals surface area (Å²) in [4.78, 5) is 7.53. The average molecular weight is 310 g/mol. The summed E-state index contributed by atoms with van der Waals surface area (Å²) < 4.78 is 0. The van der Waals surface area contributed by atoms with Crippen LogP contribution in [-0.2, 0) is 12.8 Å². The first kappa shape index (κ1) is 15.4. The first-order chi connectivity index (χ1) is 11.2. The first-order valence-corrected chi connectivity index (χ1v) is 9.61. The summed E-state index contributed by atoms with van der Waals surface area (Å²) in [6.45, 7) is 8.56. The van der Waals surface area contributed by atoms with Crippen LogP contribution in [0.5, 0.6) is 0 Å². The molecule has 0 N–H and O–H groups in total. The lowest BCUT2D eigenvalue weighted by atomic mass is 9.78. The van der Waals surface area contributed by atoms with E-state index in [4.69, 9.17) is 4.98 Å². The van der Waals surface area contributed by atoms with Crippen molar-refractivity contribution in [3.63, 3.8) is 0 Å². The molecule has 0 saturated carbocycles. The molecule has 0 bridgehead atoms. The quantitative estimate of drug-likeness (QED) is 0.794. The summed E-state index contributed by atoms with van der Waals surface area (Å²) in [5.41, 5.74) is 7.59. The molecule has 2 heteroatoms. The van der Waals surface area contributed by atoms with Crippen molar-refractivity contribution in [2.75, 3.05) is 19.6 Å².